The largest absolute Gasteiger partial charge is 0.508 e. The van der Waals surface area contributed by atoms with E-state index in [-0.39, 0.29) is 6.61 Å². The van der Waals surface area contributed by atoms with Gasteiger partial charge in [0, 0.05) is 24.8 Å². The van der Waals surface area contributed by atoms with Gasteiger partial charge >= 0.3 is 0 Å². The van der Waals surface area contributed by atoms with E-state index in [1.807, 2.05) is 6.07 Å². The van der Waals surface area contributed by atoms with Crippen molar-refractivity contribution in [1.82, 2.24) is 0 Å². The third kappa shape index (κ3) is 6.87. The molecule has 198 valence electrons. The quantitative estimate of drug-likeness (QED) is 0.296. The minimum Gasteiger partial charge on any atom is -0.508 e. The van der Waals surface area contributed by atoms with E-state index in [9.17, 15) is 10.2 Å². The SMILES string of the molecule is CCCC(C)(C)Cc1ccc(CN(CCO)c2cc(OC)ccc2[C@@H]2CCc3cc(O)ccc3C2)cc1. The summed E-state index contributed by atoms with van der Waals surface area (Å²) in [5.74, 6) is 1.55. The summed E-state index contributed by atoms with van der Waals surface area (Å²) in [5, 5.41) is 19.9. The fourth-order valence-corrected chi connectivity index (χ4v) is 5.98. The molecule has 1 aliphatic carbocycles. The fraction of sp³-hybridized carbons (Fsp3) is 0.455. The molecule has 2 N–H and O–H groups in total. The molecule has 0 heterocycles. The Morgan fingerprint density at radius 2 is 1.73 bits per heavy atom. The summed E-state index contributed by atoms with van der Waals surface area (Å²) < 4.78 is 5.61. The lowest BCUT2D eigenvalue weighted by atomic mass is 9.79. The molecule has 4 nitrogen and oxygen atoms in total. The highest BCUT2D eigenvalue weighted by Crippen LogP contribution is 2.40. The minimum absolute atomic E-state index is 0.0900. The molecule has 3 aromatic rings. The molecular formula is C33H43NO3. The van der Waals surface area contributed by atoms with Crippen LogP contribution in [0.1, 0.15) is 73.8 Å². The highest BCUT2D eigenvalue weighted by molar-refractivity contribution is 5.60. The number of phenolic OH excluding ortho intramolecular Hbond substituents is 1. The van der Waals surface area contributed by atoms with Gasteiger partial charge in [-0.2, -0.15) is 0 Å². The van der Waals surface area contributed by atoms with E-state index in [4.69, 9.17) is 4.74 Å². The summed E-state index contributed by atoms with van der Waals surface area (Å²) in [4.78, 5) is 2.29. The lowest BCUT2D eigenvalue weighted by molar-refractivity contribution is 0.301. The Bertz CT molecular complexity index is 1170. The molecule has 0 radical (unpaired) electrons. The highest BCUT2D eigenvalue weighted by atomic mass is 16.5. The van der Waals surface area contributed by atoms with Crippen LogP contribution < -0.4 is 9.64 Å². The van der Waals surface area contributed by atoms with Crippen molar-refractivity contribution < 1.29 is 14.9 Å². The van der Waals surface area contributed by atoms with Crippen LogP contribution in [-0.4, -0.2) is 30.5 Å². The normalized spacial score (nSPS) is 15.3. The van der Waals surface area contributed by atoms with Crippen molar-refractivity contribution in [2.75, 3.05) is 25.2 Å². The lowest BCUT2D eigenvalue weighted by Gasteiger charge is -2.32. The van der Waals surface area contributed by atoms with Crippen molar-refractivity contribution in [3.8, 4) is 11.5 Å². The number of aryl methyl sites for hydroxylation is 1. The number of benzene rings is 3. The first-order valence-electron chi connectivity index (χ1n) is 13.7. The molecule has 0 aliphatic heterocycles. The second-order valence-corrected chi connectivity index (χ2v) is 11.4. The van der Waals surface area contributed by atoms with Gasteiger partial charge in [0.25, 0.3) is 0 Å². The smallest absolute Gasteiger partial charge is 0.120 e. The first-order chi connectivity index (χ1) is 17.8. The molecule has 0 unspecified atom stereocenters. The number of ether oxygens (including phenoxy) is 1. The van der Waals surface area contributed by atoms with Gasteiger partial charge in [0.1, 0.15) is 11.5 Å². The lowest BCUT2D eigenvalue weighted by Crippen LogP contribution is -2.28. The molecule has 1 atom stereocenters. The van der Waals surface area contributed by atoms with Crippen LogP contribution in [0.2, 0.25) is 0 Å². The molecule has 4 rings (SSSR count). The van der Waals surface area contributed by atoms with Crippen molar-refractivity contribution in [3.05, 3.63) is 88.5 Å². The van der Waals surface area contributed by atoms with E-state index in [1.54, 1.807) is 13.2 Å². The molecule has 0 saturated carbocycles. The van der Waals surface area contributed by atoms with Gasteiger partial charge in [-0.05, 0) is 89.5 Å². The van der Waals surface area contributed by atoms with Crippen molar-refractivity contribution in [2.24, 2.45) is 5.41 Å². The number of aliphatic hydroxyl groups is 1. The van der Waals surface area contributed by atoms with Gasteiger partial charge in [-0.15, -0.1) is 0 Å². The third-order valence-corrected chi connectivity index (χ3v) is 7.81. The van der Waals surface area contributed by atoms with Crippen LogP contribution in [0.3, 0.4) is 0 Å². The third-order valence-electron chi connectivity index (χ3n) is 7.81. The summed E-state index contributed by atoms with van der Waals surface area (Å²) in [7, 11) is 1.71. The van der Waals surface area contributed by atoms with E-state index in [0.29, 0.717) is 23.6 Å². The Morgan fingerprint density at radius 1 is 0.973 bits per heavy atom. The monoisotopic (exact) mass is 501 g/mol. The minimum atomic E-state index is 0.0900. The zero-order valence-electron chi connectivity index (χ0n) is 23.0. The van der Waals surface area contributed by atoms with Gasteiger partial charge in [-0.25, -0.2) is 0 Å². The van der Waals surface area contributed by atoms with Crippen LogP contribution in [0.4, 0.5) is 5.69 Å². The number of rotatable bonds is 11. The van der Waals surface area contributed by atoms with Gasteiger partial charge in [-0.1, -0.05) is 63.6 Å². The maximum Gasteiger partial charge on any atom is 0.120 e. The first kappa shape index (κ1) is 27.1. The van der Waals surface area contributed by atoms with Crippen molar-refractivity contribution >= 4 is 5.69 Å². The average Bonchev–Trinajstić information content (AvgIpc) is 2.88. The standard InChI is InChI=1S/C33H43NO3/c1-5-16-33(2,3)22-24-6-8-25(9-7-24)23-34(17-18-35)32-21-30(37-4)14-15-31(32)28-11-10-27-20-29(36)13-12-26(27)19-28/h6-9,12-15,20-21,28,35-36H,5,10-11,16-19,22-23H2,1-4H3/t28-/m1/s1. The van der Waals surface area contributed by atoms with Gasteiger partial charge in [0.05, 0.1) is 13.7 Å². The van der Waals surface area contributed by atoms with Crippen LogP contribution in [-0.2, 0) is 25.8 Å². The number of aliphatic hydroxyl groups excluding tert-OH is 1. The van der Waals surface area contributed by atoms with E-state index in [1.165, 1.54) is 40.7 Å². The Kier molecular flexibility index (Phi) is 8.81. The summed E-state index contributed by atoms with van der Waals surface area (Å²) in [6, 6.07) is 21.2. The zero-order chi connectivity index (χ0) is 26.4. The second kappa shape index (κ2) is 12.0. The van der Waals surface area contributed by atoms with Crippen LogP contribution in [0.25, 0.3) is 0 Å². The average molecular weight is 502 g/mol. The van der Waals surface area contributed by atoms with Gasteiger partial charge in [0.2, 0.25) is 0 Å². The second-order valence-electron chi connectivity index (χ2n) is 11.4. The predicted octanol–water partition coefficient (Wildman–Crippen LogP) is 7.04. The predicted molar refractivity (Wildman–Crippen MR) is 153 cm³/mol. The number of anilines is 1. The van der Waals surface area contributed by atoms with Gasteiger partial charge in [0.15, 0.2) is 0 Å². The molecule has 37 heavy (non-hydrogen) atoms. The van der Waals surface area contributed by atoms with Crippen molar-refractivity contribution in [3.63, 3.8) is 0 Å². The van der Waals surface area contributed by atoms with Crippen LogP contribution in [0, 0.1) is 5.41 Å². The van der Waals surface area contributed by atoms with Crippen LogP contribution >= 0.6 is 0 Å². The van der Waals surface area contributed by atoms with E-state index >= 15 is 0 Å². The maximum atomic E-state index is 9.99. The van der Waals surface area contributed by atoms with E-state index in [0.717, 1.165) is 43.7 Å². The summed E-state index contributed by atoms with van der Waals surface area (Å²) in [6.45, 7) is 8.34. The number of nitrogens with zero attached hydrogens (tertiary/aromatic N) is 1. The molecule has 0 fully saturated rings. The molecule has 4 heteroatoms. The molecular weight excluding hydrogens is 458 g/mol. The summed E-state index contributed by atoms with van der Waals surface area (Å²) >= 11 is 0. The first-order valence-corrected chi connectivity index (χ1v) is 13.7. The Labute approximate surface area is 222 Å². The Balaban J connectivity index is 1.59. The molecule has 3 aromatic carbocycles. The van der Waals surface area contributed by atoms with Crippen LogP contribution in [0.5, 0.6) is 11.5 Å². The number of methoxy groups -OCH3 is 1. The molecule has 0 spiro atoms. The number of hydrogen-bond donors (Lipinski definition) is 2. The highest BCUT2D eigenvalue weighted by Gasteiger charge is 2.25. The Morgan fingerprint density at radius 3 is 2.43 bits per heavy atom. The molecule has 0 saturated heterocycles. The zero-order valence-corrected chi connectivity index (χ0v) is 23.0. The summed E-state index contributed by atoms with van der Waals surface area (Å²) in [6.07, 6.45) is 6.46. The molecule has 0 amide bonds. The molecule has 1 aliphatic rings. The fourth-order valence-electron chi connectivity index (χ4n) is 5.98. The molecule has 0 aromatic heterocycles. The van der Waals surface area contributed by atoms with Crippen molar-refractivity contribution in [2.45, 2.75) is 71.8 Å². The number of fused-ring (bicyclic) bond motifs is 1. The number of phenols is 1. The maximum absolute atomic E-state index is 9.99. The number of aromatic hydroxyl groups is 1. The number of hydrogen-bond acceptors (Lipinski definition) is 4. The van der Waals surface area contributed by atoms with Gasteiger partial charge < -0.3 is 19.8 Å². The van der Waals surface area contributed by atoms with Crippen LogP contribution in [0.15, 0.2) is 60.7 Å². The van der Waals surface area contributed by atoms with E-state index in [2.05, 4.69) is 74.2 Å². The molecule has 0 bridgehead atoms. The van der Waals surface area contributed by atoms with Crippen molar-refractivity contribution in [1.29, 1.82) is 0 Å². The van der Waals surface area contributed by atoms with Gasteiger partial charge in [-0.3, -0.25) is 0 Å². The Hall–Kier alpha value is -2.98. The topological polar surface area (TPSA) is 52.9 Å². The summed E-state index contributed by atoms with van der Waals surface area (Å²) in [5.41, 5.74) is 7.92. The van der Waals surface area contributed by atoms with E-state index < -0.39 is 0 Å².